The Hall–Kier alpha value is -2.79. The average Bonchev–Trinajstić information content (AvgIpc) is 3.44. The lowest BCUT2D eigenvalue weighted by Gasteiger charge is -2.35. The highest BCUT2D eigenvalue weighted by molar-refractivity contribution is 7.91. The van der Waals surface area contributed by atoms with Crippen LogP contribution in [0.3, 0.4) is 0 Å². The quantitative estimate of drug-likeness (QED) is 0.563. The Balaban J connectivity index is 1.28. The number of sulfonamides is 1. The third-order valence-electron chi connectivity index (χ3n) is 6.36. The fraction of sp³-hybridized carbons (Fsp3) is 0.304. The number of nitrogens with zero attached hydrogens (tertiary/aromatic N) is 3. The Bertz CT molecular complexity index is 1320. The van der Waals surface area contributed by atoms with Gasteiger partial charge in [-0.25, -0.2) is 18.1 Å². The van der Waals surface area contributed by atoms with E-state index in [1.54, 1.807) is 24.4 Å². The van der Waals surface area contributed by atoms with Crippen LogP contribution in [0.25, 0.3) is 10.8 Å². The van der Waals surface area contributed by atoms with Crippen LogP contribution in [0.5, 0.6) is 0 Å². The molecule has 33 heavy (non-hydrogen) atoms. The fourth-order valence-electron chi connectivity index (χ4n) is 4.37. The summed E-state index contributed by atoms with van der Waals surface area (Å²) < 4.78 is 27.2. The number of hydrogen-bond acceptors (Lipinski definition) is 6. The van der Waals surface area contributed by atoms with Crippen LogP contribution in [0, 0.1) is 0 Å². The molecule has 3 heterocycles. The van der Waals surface area contributed by atoms with Crippen molar-refractivity contribution in [2.24, 2.45) is 0 Å². The zero-order chi connectivity index (χ0) is 23.2. The molecule has 10 heteroatoms. The molecule has 1 unspecified atom stereocenters. The topological polar surface area (TPSA) is 90.0 Å². The molecule has 0 saturated carbocycles. The lowest BCUT2D eigenvalue weighted by molar-refractivity contribution is -0.132. The predicted octanol–water partition coefficient (Wildman–Crippen LogP) is 2.63. The second kappa shape index (κ2) is 8.21. The largest absolute Gasteiger partial charge is 0.326 e. The van der Waals surface area contributed by atoms with Crippen LogP contribution in [-0.4, -0.2) is 67.3 Å². The van der Waals surface area contributed by atoms with Crippen molar-refractivity contribution >= 4 is 44.1 Å². The number of nitrogens with one attached hydrogen (secondary N) is 1. The van der Waals surface area contributed by atoms with Gasteiger partial charge in [0.05, 0.1) is 6.67 Å². The van der Waals surface area contributed by atoms with Gasteiger partial charge < -0.3 is 5.32 Å². The van der Waals surface area contributed by atoms with Crippen LogP contribution in [-0.2, 0) is 20.4 Å². The minimum atomic E-state index is -3.50. The minimum absolute atomic E-state index is 0.126. The van der Waals surface area contributed by atoms with E-state index < -0.39 is 21.6 Å². The lowest BCUT2D eigenvalue weighted by Crippen LogP contribution is -2.52. The lowest BCUT2D eigenvalue weighted by atomic mass is 9.90. The van der Waals surface area contributed by atoms with Gasteiger partial charge in [0.25, 0.3) is 15.9 Å². The summed E-state index contributed by atoms with van der Waals surface area (Å²) in [5.74, 6) is -0.309. The summed E-state index contributed by atoms with van der Waals surface area (Å²) in [6, 6.07) is 16.5. The van der Waals surface area contributed by atoms with Gasteiger partial charge in [-0.2, -0.15) is 4.31 Å². The minimum Gasteiger partial charge on any atom is -0.319 e. The molecule has 172 valence electrons. The SMILES string of the molecule is CC1(c2ccc3ccccc3c2)NC(=O)N(CN2CCN(S(=O)(=O)c3cccs3)CC2)C1=O. The van der Waals surface area contributed by atoms with Gasteiger partial charge in [0.2, 0.25) is 0 Å². The van der Waals surface area contributed by atoms with E-state index in [9.17, 15) is 18.0 Å². The molecular weight excluding hydrogens is 460 g/mol. The number of rotatable bonds is 5. The van der Waals surface area contributed by atoms with Gasteiger partial charge in [0.15, 0.2) is 0 Å². The summed E-state index contributed by atoms with van der Waals surface area (Å²) in [6.07, 6.45) is 0. The monoisotopic (exact) mass is 484 g/mol. The van der Waals surface area contributed by atoms with Crippen molar-refractivity contribution in [2.45, 2.75) is 16.7 Å². The van der Waals surface area contributed by atoms with Crippen LogP contribution in [0.4, 0.5) is 4.79 Å². The summed E-state index contributed by atoms with van der Waals surface area (Å²) >= 11 is 1.20. The number of benzene rings is 2. The number of hydrogen-bond donors (Lipinski definition) is 1. The molecule has 0 radical (unpaired) electrons. The van der Waals surface area contributed by atoms with Crippen LogP contribution < -0.4 is 5.32 Å². The molecule has 1 N–H and O–H groups in total. The third kappa shape index (κ3) is 3.82. The fourth-order valence-corrected chi connectivity index (χ4v) is 6.94. The summed E-state index contributed by atoms with van der Waals surface area (Å²) in [5, 5.41) is 6.67. The number of fused-ring (bicyclic) bond motifs is 1. The number of amides is 3. The van der Waals surface area contributed by atoms with Gasteiger partial charge in [0.1, 0.15) is 9.75 Å². The first-order valence-corrected chi connectivity index (χ1v) is 13.0. The second-order valence-corrected chi connectivity index (χ2v) is 11.6. The zero-order valence-corrected chi connectivity index (χ0v) is 19.7. The maximum absolute atomic E-state index is 13.3. The maximum Gasteiger partial charge on any atom is 0.326 e. The molecule has 2 saturated heterocycles. The van der Waals surface area contributed by atoms with Crippen molar-refractivity contribution < 1.29 is 18.0 Å². The molecule has 0 bridgehead atoms. The maximum atomic E-state index is 13.3. The van der Waals surface area contributed by atoms with Crippen LogP contribution in [0.1, 0.15) is 12.5 Å². The second-order valence-electron chi connectivity index (χ2n) is 8.45. The third-order valence-corrected chi connectivity index (χ3v) is 9.64. The van der Waals surface area contributed by atoms with Crippen molar-refractivity contribution in [2.75, 3.05) is 32.8 Å². The molecular formula is C23H24N4O4S2. The van der Waals surface area contributed by atoms with E-state index in [0.717, 1.165) is 16.3 Å². The Kier molecular flexibility index (Phi) is 5.48. The zero-order valence-electron chi connectivity index (χ0n) is 18.1. The standard InChI is InChI=1S/C23H24N4O4S2/c1-23(19-9-8-17-5-2-3-6-18(17)15-19)21(28)27(22(29)24-23)16-25-10-12-26(13-11-25)33(30,31)20-7-4-14-32-20/h2-9,14-15H,10-13,16H2,1H3,(H,24,29). The van der Waals surface area contributed by atoms with Crippen molar-refractivity contribution in [1.29, 1.82) is 0 Å². The number of piperazine rings is 1. The number of imide groups is 1. The van der Waals surface area contributed by atoms with E-state index in [1.165, 1.54) is 20.5 Å². The molecule has 2 aromatic carbocycles. The summed E-state index contributed by atoms with van der Waals surface area (Å²) in [6.45, 7) is 3.35. The van der Waals surface area contributed by atoms with E-state index in [4.69, 9.17) is 0 Å². The van der Waals surface area contributed by atoms with Gasteiger partial charge in [0, 0.05) is 26.2 Å². The van der Waals surface area contributed by atoms with E-state index in [0.29, 0.717) is 30.4 Å². The normalized spacial score (nSPS) is 22.8. The number of urea groups is 1. The van der Waals surface area contributed by atoms with Crippen molar-refractivity contribution in [3.05, 3.63) is 65.5 Å². The highest BCUT2D eigenvalue weighted by atomic mass is 32.2. The van der Waals surface area contributed by atoms with E-state index >= 15 is 0 Å². The summed E-state index contributed by atoms with van der Waals surface area (Å²) in [7, 11) is -3.50. The van der Waals surface area contributed by atoms with Gasteiger partial charge >= 0.3 is 6.03 Å². The molecule has 5 rings (SSSR count). The van der Waals surface area contributed by atoms with Crippen molar-refractivity contribution in [1.82, 2.24) is 19.4 Å². The molecule has 1 aromatic heterocycles. The highest BCUT2D eigenvalue weighted by Gasteiger charge is 2.49. The van der Waals surface area contributed by atoms with Crippen molar-refractivity contribution in [3.8, 4) is 0 Å². The molecule has 2 fully saturated rings. The summed E-state index contributed by atoms with van der Waals surface area (Å²) in [5.41, 5.74) is -0.417. The molecule has 2 aliphatic heterocycles. The first-order chi connectivity index (χ1) is 15.8. The van der Waals surface area contributed by atoms with Crippen LogP contribution >= 0.6 is 11.3 Å². The summed E-state index contributed by atoms with van der Waals surface area (Å²) in [4.78, 5) is 29.2. The molecule has 3 amide bonds. The smallest absolute Gasteiger partial charge is 0.319 e. The number of carbonyl (C=O) groups excluding carboxylic acids is 2. The Labute approximate surface area is 196 Å². The van der Waals surface area contributed by atoms with Gasteiger partial charge in [-0.15, -0.1) is 11.3 Å². The number of thiophene rings is 1. The van der Waals surface area contributed by atoms with E-state index in [-0.39, 0.29) is 12.6 Å². The van der Waals surface area contributed by atoms with E-state index in [2.05, 4.69) is 5.32 Å². The first kappa shape index (κ1) is 22.0. The van der Waals surface area contributed by atoms with Crippen LogP contribution in [0.2, 0.25) is 0 Å². The molecule has 0 spiro atoms. The molecule has 2 aliphatic rings. The Morgan fingerprint density at radius 2 is 1.70 bits per heavy atom. The Morgan fingerprint density at radius 1 is 0.970 bits per heavy atom. The molecule has 1 atom stereocenters. The predicted molar refractivity (Wildman–Crippen MR) is 126 cm³/mol. The van der Waals surface area contributed by atoms with E-state index in [1.807, 2.05) is 47.4 Å². The molecule has 3 aromatic rings. The highest BCUT2D eigenvalue weighted by Crippen LogP contribution is 2.31. The number of carbonyl (C=O) groups is 2. The molecule has 0 aliphatic carbocycles. The average molecular weight is 485 g/mol. The molecule has 8 nitrogen and oxygen atoms in total. The van der Waals surface area contributed by atoms with Gasteiger partial charge in [-0.3, -0.25) is 9.69 Å². The van der Waals surface area contributed by atoms with Crippen LogP contribution in [0.15, 0.2) is 64.2 Å². The van der Waals surface area contributed by atoms with Gasteiger partial charge in [-0.05, 0) is 40.8 Å². The van der Waals surface area contributed by atoms with Crippen molar-refractivity contribution in [3.63, 3.8) is 0 Å². The van der Waals surface area contributed by atoms with Gasteiger partial charge in [-0.1, -0.05) is 42.5 Å². The first-order valence-electron chi connectivity index (χ1n) is 10.7. The Morgan fingerprint density at radius 3 is 2.39 bits per heavy atom.